The SMILES string of the molecule is CON(C)C(=O)N1NC(c2cc(F)ccc2F)S[C@@]1(CCCN)c1ccccc1. The van der Waals surface area contributed by atoms with E-state index in [1.54, 1.807) is 0 Å². The molecule has 9 heteroatoms. The molecule has 6 nitrogen and oxygen atoms in total. The Morgan fingerprint density at radius 2 is 2.03 bits per heavy atom. The number of hydroxylamine groups is 2. The fraction of sp³-hybridized carbons (Fsp3) is 0.350. The molecule has 0 radical (unpaired) electrons. The Hall–Kier alpha value is -2.20. The highest BCUT2D eigenvalue weighted by Crippen LogP contribution is 2.54. The molecule has 2 atom stereocenters. The number of nitrogens with two attached hydrogens (primary N) is 1. The number of nitrogens with zero attached hydrogens (tertiary/aromatic N) is 2. The van der Waals surface area contributed by atoms with Crippen LogP contribution in [0.5, 0.6) is 0 Å². The van der Waals surface area contributed by atoms with E-state index in [2.05, 4.69) is 5.43 Å². The first-order valence-corrected chi connectivity index (χ1v) is 10.1. The quantitative estimate of drug-likeness (QED) is 0.695. The van der Waals surface area contributed by atoms with E-state index in [9.17, 15) is 13.6 Å². The van der Waals surface area contributed by atoms with Gasteiger partial charge in [-0.15, -0.1) is 11.8 Å². The first-order valence-electron chi connectivity index (χ1n) is 9.19. The number of rotatable bonds is 6. The number of carbonyl (C=O) groups excluding carboxylic acids is 1. The molecule has 1 heterocycles. The van der Waals surface area contributed by atoms with Crippen LogP contribution in [0.4, 0.5) is 13.6 Å². The number of hydrogen-bond donors (Lipinski definition) is 2. The summed E-state index contributed by atoms with van der Waals surface area (Å²) in [6.07, 6.45) is 1.14. The standard InChI is InChI=1S/C20H24F2N4O2S/c1-25(28-2)19(27)26-20(11-6-12-23,14-7-4-3-5-8-14)29-18(24-26)16-13-15(21)9-10-17(16)22/h3-5,7-10,13,18,24H,6,11-12,23H2,1-2H3/t18?,20-/m0/s1. The Balaban J connectivity index is 2.10. The first kappa shape index (κ1) is 21.5. The number of urea groups is 1. The largest absolute Gasteiger partial charge is 0.359 e. The van der Waals surface area contributed by atoms with Gasteiger partial charge in [0.1, 0.15) is 21.9 Å². The van der Waals surface area contributed by atoms with E-state index in [0.717, 1.165) is 28.8 Å². The summed E-state index contributed by atoms with van der Waals surface area (Å²) in [4.78, 5) is 17.3. The zero-order valence-corrected chi connectivity index (χ0v) is 17.1. The zero-order valence-electron chi connectivity index (χ0n) is 16.3. The van der Waals surface area contributed by atoms with Crippen LogP contribution in [0.15, 0.2) is 48.5 Å². The van der Waals surface area contributed by atoms with Crippen LogP contribution in [-0.4, -0.2) is 36.8 Å². The van der Waals surface area contributed by atoms with Gasteiger partial charge in [0.2, 0.25) is 0 Å². The minimum atomic E-state index is -0.881. The molecule has 1 unspecified atom stereocenters. The second-order valence-corrected chi connectivity index (χ2v) is 8.02. The van der Waals surface area contributed by atoms with Gasteiger partial charge in [0, 0.05) is 12.6 Å². The fourth-order valence-electron chi connectivity index (χ4n) is 3.33. The minimum Gasteiger partial charge on any atom is -0.330 e. The van der Waals surface area contributed by atoms with Gasteiger partial charge in [-0.25, -0.2) is 29.1 Å². The Kier molecular flexibility index (Phi) is 6.74. The molecular formula is C20H24F2N4O2S. The van der Waals surface area contributed by atoms with Crippen molar-refractivity contribution in [1.82, 2.24) is 15.5 Å². The van der Waals surface area contributed by atoms with Crippen LogP contribution in [0.2, 0.25) is 0 Å². The Morgan fingerprint density at radius 3 is 2.69 bits per heavy atom. The van der Waals surface area contributed by atoms with Crippen LogP contribution in [0.25, 0.3) is 0 Å². The molecule has 0 aromatic heterocycles. The van der Waals surface area contributed by atoms with E-state index < -0.39 is 27.9 Å². The van der Waals surface area contributed by atoms with Crippen molar-refractivity contribution in [2.75, 3.05) is 20.7 Å². The summed E-state index contributed by atoms with van der Waals surface area (Å²) in [5, 5.41) is 1.83. The summed E-state index contributed by atoms with van der Waals surface area (Å²) >= 11 is 1.34. The number of nitrogens with one attached hydrogen (secondary N) is 1. The molecule has 3 N–H and O–H groups in total. The van der Waals surface area contributed by atoms with Crippen LogP contribution in [0.1, 0.15) is 29.3 Å². The van der Waals surface area contributed by atoms with Crippen molar-refractivity contribution in [3.63, 3.8) is 0 Å². The van der Waals surface area contributed by atoms with E-state index in [1.165, 1.54) is 30.9 Å². The predicted octanol–water partition coefficient (Wildman–Crippen LogP) is 3.72. The van der Waals surface area contributed by atoms with Crippen LogP contribution in [0, 0.1) is 11.6 Å². The highest BCUT2D eigenvalue weighted by Gasteiger charge is 2.51. The van der Waals surface area contributed by atoms with Crippen LogP contribution in [-0.2, 0) is 9.71 Å². The second kappa shape index (κ2) is 9.08. The molecule has 0 aliphatic carbocycles. The zero-order chi connectivity index (χ0) is 21.0. The lowest BCUT2D eigenvalue weighted by Gasteiger charge is -2.38. The Bertz CT molecular complexity index is 858. The molecule has 2 aromatic carbocycles. The van der Waals surface area contributed by atoms with Gasteiger partial charge in [-0.05, 0) is 43.1 Å². The first-order chi connectivity index (χ1) is 13.9. The van der Waals surface area contributed by atoms with Crippen molar-refractivity contribution in [2.45, 2.75) is 23.1 Å². The van der Waals surface area contributed by atoms with Crippen molar-refractivity contribution in [2.24, 2.45) is 5.73 Å². The van der Waals surface area contributed by atoms with Gasteiger partial charge < -0.3 is 5.73 Å². The van der Waals surface area contributed by atoms with E-state index in [4.69, 9.17) is 10.6 Å². The second-order valence-electron chi connectivity index (χ2n) is 6.63. The van der Waals surface area contributed by atoms with E-state index in [-0.39, 0.29) is 5.56 Å². The molecule has 1 aliphatic rings. The number of hydrazine groups is 1. The van der Waals surface area contributed by atoms with E-state index >= 15 is 0 Å². The normalized spacial score (nSPS) is 21.4. The average molecular weight is 423 g/mol. The van der Waals surface area contributed by atoms with E-state index in [1.807, 2.05) is 30.3 Å². The summed E-state index contributed by atoms with van der Waals surface area (Å²) in [7, 11) is 2.87. The summed E-state index contributed by atoms with van der Waals surface area (Å²) < 4.78 is 28.3. The summed E-state index contributed by atoms with van der Waals surface area (Å²) in [5.41, 5.74) is 9.82. The predicted molar refractivity (Wildman–Crippen MR) is 108 cm³/mol. The third-order valence-corrected chi connectivity index (χ3v) is 6.45. The molecule has 3 rings (SSSR count). The Labute approximate surface area is 172 Å². The fourth-order valence-corrected chi connectivity index (χ4v) is 4.95. The topological polar surface area (TPSA) is 70.8 Å². The molecule has 1 aliphatic heterocycles. The van der Waals surface area contributed by atoms with Gasteiger partial charge in [-0.3, -0.25) is 4.84 Å². The highest BCUT2D eigenvalue weighted by molar-refractivity contribution is 8.00. The van der Waals surface area contributed by atoms with Crippen LogP contribution >= 0.6 is 11.8 Å². The van der Waals surface area contributed by atoms with Crippen molar-refractivity contribution >= 4 is 17.8 Å². The molecule has 0 saturated carbocycles. The maximum Gasteiger partial charge on any atom is 0.359 e. The van der Waals surface area contributed by atoms with Crippen molar-refractivity contribution in [1.29, 1.82) is 0 Å². The number of halogens is 2. The molecule has 2 amide bonds. The number of thioether (sulfide) groups is 1. The van der Waals surface area contributed by atoms with Crippen molar-refractivity contribution in [3.8, 4) is 0 Å². The van der Waals surface area contributed by atoms with Crippen molar-refractivity contribution in [3.05, 3.63) is 71.3 Å². The highest BCUT2D eigenvalue weighted by atomic mass is 32.2. The molecule has 156 valence electrons. The average Bonchev–Trinajstić information content (AvgIpc) is 3.14. The molecular weight excluding hydrogens is 398 g/mol. The summed E-state index contributed by atoms with van der Waals surface area (Å²) in [6, 6.07) is 12.3. The molecule has 1 fully saturated rings. The minimum absolute atomic E-state index is 0.137. The third kappa shape index (κ3) is 4.23. The monoisotopic (exact) mass is 422 g/mol. The summed E-state index contributed by atoms with van der Waals surface area (Å²) in [6.45, 7) is 0.427. The van der Waals surface area contributed by atoms with Gasteiger partial charge in [0.05, 0.1) is 7.11 Å². The molecule has 0 bridgehead atoms. The van der Waals surface area contributed by atoms with Crippen LogP contribution in [0.3, 0.4) is 0 Å². The van der Waals surface area contributed by atoms with E-state index in [0.29, 0.717) is 19.4 Å². The van der Waals surface area contributed by atoms with Crippen molar-refractivity contribution < 1.29 is 18.4 Å². The lowest BCUT2D eigenvalue weighted by atomic mass is 10.0. The van der Waals surface area contributed by atoms with Gasteiger partial charge in [0.25, 0.3) is 0 Å². The number of benzene rings is 2. The maximum atomic E-state index is 14.5. The molecule has 2 aromatic rings. The van der Waals surface area contributed by atoms with Gasteiger partial charge >= 0.3 is 6.03 Å². The van der Waals surface area contributed by atoms with Gasteiger partial charge in [-0.1, -0.05) is 30.3 Å². The van der Waals surface area contributed by atoms with Gasteiger partial charge in [0.15, 0.2) is 0 Å². The molecule has 1 saturated heterocycles. The van der Waals surface area contributed by atoms with Crippen LogP contribution < -0.4 is 11.2 Å². The third-order valence-electron chi connectivity index (χ3n) is 4.84. The number of carbonyl (C=O) groups is 1. The summed E-state index contributed by atoms with van der Waals surface area (Å²) in [5.74, 6) is -1.10. The number of hydrogen-bond acceptors (Lipinski definition) is 5. The molecule has 0 spiro atoms. The Morgan fingerprint density at radius 1 is 1.31 bits per heavy atom. The van der Waals surface area contributed by atoms with Gasteiger partial charge in [-0.2, -0.15) is 0 Å². The lowest BCUT2D eigenvalue weighted by molar-refractivity contribution is -0.0854. The number of amides is 2. The smallest absolute Gasteiger partial charge is 0.330 e. The lowest BCUT2D eigenvalue weighted by Crippen LogP contribution is -2.53. The maximum absolute atomic E-state index is 14.5. The molecule has 29 heavy (non-hydrogen) atoms.